The maximum Gasteiger partial charge on any atom is 0.453 e. The summed E-state index contributed by atoms with van der Waals surface area (Å²) < 4.78 is 199. The van der Waals surface area contributed by atoms with Crippen molar-refractivity contribution in [3.8, 4) is 17.2 Å². The Kier molecular flexibility index (Phi) is 24.7. The second-order valence-corrected chi connectivity index (χ2v) is 12.7. The summed E-state index contributed by atoms with van der Waals surface area (Å²) in [7, 11) is 0. The maximum atomic E-state index is 12.7. The van der Waals surface area contributed by atoms with Crippen molar-refractivity contribution in [2.75, 3.05) is 33.0 Å². The molecule has 0 heterocycles. The Labute approximate surface area is 360 Å². The Balaban J connectivity index is 0.000000875. The molecule has 0 aliphatic rings. The molecule has 3 aromatic rings. The largest absolute Gasteiger partial charge is 0.508 e. The third kappa shape index (κ3) is 22.7. The van der Waals surface area contributed by atoms with Gasteiger partial charge in [-0.1, -0.05) is 18.2 Å². The second kappa shape index (κ2) is 27.0. The minimum atomic E-state index is -5.57. The van der Waals surface area contributed by atoms with Gasteiger partial charge in [0.1, 0.15) is 17.2 Å². The number of hydrogen-bond acceptors (Lipinski definition) is 9. The number of aromatic carboxylic acids is 1. The van der Waals surface area contributed by atoms with Gasteiger partial charge in [0.15, 0.2) is 0 Å². The number of carboxylic acids is 1. The Morgan fingerprint density at radius 2 is 0.846 bits per heavy atom. The average Bonchev–Trinajstić information content (AvgIpc) is 3.20. The van der Waals surface area contributed by atoms with Crippen molar-refractivity contribution < 1.29 is 115 Å². The number of alkyl halides is 15. The molecular weight excluding hydrogens is 925 g/mol. The summed E-state index contributed by atoms with van der Waals surface area (Å²) in [6.07, 6.45) is -22.3. The van der Waals surface area contributed by atoms with Gasteiger partial charge in [0.2, 0.25) is 0 Å². The van der Waals surface area contributed by atoms with Crippen LogP contribution in [0.15, 0.2) is 72.8 Å². The molecule has 0 fully saturated rings. The molecule has 0 aliphatic heterocycles. The molecule has 0 unspecified atom stereocenters. The summed E-state index contributed by atoms with van der Waals surface area (Å²) in [6.45, 7) is 2.56. The van der Waals surface area contributed by atoms with Crippen LogP contribution in [0.4, 0.5) is 65.9 Å². The number of phenolic OH excluding ortho intramolecular Hbond substituents is 1. The van der Waals surface area contributed by atoms with Gasteiger partial charge in [-0.05, 0) is 87.7 Å². The van der Waals surface area contributed by atoms with E-state index in [-0.39, 0.29) is 48.2 Å². The van der Waals surface area contributed by atoms with Gasteiger partial charge in [0.05, 0.1) is 43.1 Å². The maximum absolute atomic E-state index is 12.7. The number of esters is 2. The number of aliphatic hydroxyl groups excluding tert-OH is 1. The highest BCUT2D eigenvalue weighted by Crippen LogP contribution is 2.40. The monoisotopic (exact) mass is 968 g/mol. The zero-order valence-electron chi connectivity index (χ0n) is 34.1. The highest BCUT2D eigenvalue weighted by Gasteiger charge is 2.58. The molecule has 25 heteroatoms. The number of phenols is 1. The van der Waals surface area contributed by atoms with Crippen molar-refractivity contribution in [1.29, 1.82) is 0 Å². The van der Waals surface area contributed by atoms with Crippen LogP contribution >= 0.6 is 0 Å². The SMILES string of the molecule is CCOC(=O)c1cccc(O)c1.CCOC(=O)c1cccc(OCCCC(F)(F)C(F)(F)F)c1.O=C(O)c1cccc(OCCCC(F)(F)C(F)(F)F)c1.OCCCC(F)(F)C(F)(F)F. The summed E-state index contributed by atoms with van der Waals surface area (Å²) in [4.78, 5) is 33.2. The fraction of sp³-hybridized carbons (Fsp3) is 0.475. The molecule has 0 atom stereocenters. The number of benzene rings is 3. The van der Waals surface area contributed by atoms with Crippen molar-refractivity contribution >= 4 is 17.9 Å². The zero-order valence-corrected chi connectivity index (χ0v) is 34.1. The van der Waals surface area contributed by atoms with Gasteiger partial charge < -0.3 is 34.3 Å². The molecule has 0 aliphatic carbocycles. The van der Waals surface area contributed by atoms with E-state index < -0.39 is 99.3 Å². The lowest BCUT2D eigenvalue weighted by molar-refractivity contribution is -0.284. The lowest BCUT2D eigenvalue weighted by Crippen LogP contribution is -2.36. The van der Waals surface area contributed by atoms with Gasteiger partial charge in [-0.25, -0.2) is 14.4 Å². The molecule has 0 radical (unpaired) electrons. The van der Waals surface area contributed by atoms with Gasteiger partial charge in [-0.2, -0.15) is 65.9 Å². The van der Waals surface area contributed by atoms with E-state index in [0.717, 1.165) is 6.07 Å². The Hall–Kier alpha value is -5.62. The number of ether oxygens (including phenoxy) is 4. The number of carbonyl (C=O) groups excluding carboxylic acids is 2. The van der Waals surface area contributed by atoms with Crippen LogP contribution in [-0.4, -0.2) is 103 Å². The summed E-state index contributed by atoms with van der Waals surface area (Å²) in [5, 5.41) is 25.7. The van der Waals surface area contributed by atoms with Crippen LogP contribution in [-0.2, 0) is 9.47 Å². The number of halogens is 15. The lowest BCUT2D eigenvalue weighted by Gasteiger charge is -2.19. The predicted molar refractivity (Wildman–Crippen MR) is 199 cm³/mol. The summed E-state index contributed by atoms with van der Waals surface area (Å²) in [5.74, 6) is -16.0. The molecule has 3 aromatic carbocycles. The predicted octanol–water partition coefficient (Wildman–Crippen LogP) is 11.5. The van der Waals surface area contributed by atoms with Gasteiger partial charge in [0, 0.05) is 25.9 Å². The number of hydrogen-bond donors (Lipinski definition) is 3. The van der Waals surface area contributed by atoms with Crippen LogP contribution in [0.3, 0.4) is 0 Å². The smallest absolute Gasteiger partial charge is 0.453 e. The number of aromatic hydroxyl groups is 1. The lowest BCUT2D eigenvalue weighted by atomic mass is 10.2. The zero-order chi connectivity index (χ0) is 50.3. The van der Waals surface area contributed by atoms with Gasteiger partial charge >= 0.3 is 54.2 Å². The van der Waals surface area contributed by atoms with Crippen LogP contribution in [0, 0.1) is 0 Å². The Bertz CT molecular complexity index is 1880. The first kappa shape index (κ1) is 59.4. The minimum absolute atomic E-state index is 0.0666. The molecule has 10 nitrogen and oxygen atoms in total. The van der Waals surface area contributed by atoms with E-state index in [0.29, 0.717) is 12.2 Å². The molecule has 0 bridgehead atoms. The molecular formula is C40H43F15O10. The molecule has 0 spiro atoms. The first-order valence-corrected chi connectivity index (χ1v) is 18.6. The van der Waals surface area contributed by atoms with E-state index in [2.05, 4.69) is 0 Å². The third-order valence-corrected chi connectivity index (χ3v) is 7.48. The molecule has 0 saturated carbocycles. The Morgan fingerprint density at radius 3 is 1.18 bits per heavy atom. The number of carbonyl (C=O) groups is 3. The molecule has 0 saturated heterocycles. The van der Waals surface area contributed by atoms with Crippen molar-refractivity contribution in [1.82, 2.24) is 0 Å². The quantitative estimate of drug-likeness (QED) is 0.0639. The molecule has 0 aromatic heterocycles. The normalized spacial score (nSPS) is 11.9. The standard InChI is InChI=1S/C14H15F5O3.C12H11F5O3.C9H10O3.C5H7F5O/c1-2-21-12(20)10-5-3-6-11(9-10)22-8-4-7-13(15,16)14(17,18)19;13-11(14,12(15,16)17)5-2-6-20-9-4-1-3-8(7-9)10(18)19;1-2-12-9(11)7-4-3-5-8(10)6-7;6-4(7,2-1-3-11)5(8,9)10/h3,5-6,9H,2,4,7-8H2,1H3;1,3-4,7H,2,5-6H2,(H,18,19);3-6,10H,2H2,1H3;11H,1-3H2. The fourth-order valence-corrected chi connectivity index (χ4v) is 4.19. The van der Waals surface area contributed by atoms with Crippen molar-refractivity contribution in [2.45, 2.75) is 88.7 Å². The molecule has 3 N–H and O–H groups in total. The summed E-state index contributed by atoms with van der Waals surface area (Å²) >= 11 is 0. The van der Waals surface area contributed by atoms with Crippen LogP contribution in [0.25, 0.3) is 0 Å². The first-order valence-electron chi connectivity index (χ1n) is 18.6. The Morgan fingerprint density at radius 1 is 0.508 bits per heavy atom. The van der Waals surface area contributed by atoms with E-state index in [4.69, 9.17) is 34.3 Å². The first-order chi connectivity index (χ1) is 29.9. The van der Waals surface area contributed by atoms with Crippen molar-refractivity contribution in [3.05, 3.63) is 89.5 Å². The number of rotatable bonds is 18. The summed E-state index contributed by atoms with van der Waals surface area (Å²) in [6, 6.07) is 17.0. The highest BCUT2D eigenvalue weighted by molar-refractivity contribution is 5.90. The van der Waals surface area contributed by atoms with Crippen LogP contribution in [0.2, 0.25) is 0 Å². The van der Waals surface area contributed by atoms with E-state index in [1.807, 2.05) is 0 Å². The topological polar surface area (TPSA) is 149 Å². The molecule has 3 rings (SSSR count). The van der Waals surface area contributed by atoms with E-state index in [9.17, 15) is 80.2 Å². The van der Waals surface area contributed by atoms with E-state index in [1.54, 1.807) is 26.0 Å². The van der Waals surface area contributed by atoms with Crippen LogP contribution in [0.1, 0.15) is 83.4 Å². The molecule has 0 amide bonds. The van der Waals surface area contributed by atoms with Gasteiger partial charge in [0.25, 0.3) is 0 Å². The van der Waals surface area contributed by atoms with E-state index in [1.165, 1.54) is 54.6 Å². The third-order valence-electron chi connectivity index (χ3n) is 7.48. The van der Waals surface area contributed by atoms with Crippen LogP contribution in [0.5, 0.6) is 17.2 Å². The second-order valence-electron chi connectivity index (χ2n) is 12.7. The van der Waals surface area contributed by atoms with Crippen molar-refractivity contribution in [3.63, 3.8) is 0 Å². The molecule has 368 valence electrons. The van der Waals surface area contributed by atoms with Gasteiger partial charge in [-0.3, -0.25) is 0 Å². The van der Waals surface area contributed by atoms with E-state index >= 15 is 0 Å². The fourth-order valence-electron chi connectivity index (χ4n) is 4.19. The number of aliphatic hydroxyl groups is 1. The van der Waals surface area contributed by atoms with Gasteiger partial charge in [-0.15, -0.1) is 0 Å². The minimum Gasteiger partial charge on any atom is -0.508 e. The molecule has 65 heavy (non-hydrogen) atoms. The summed E-state index contributed by atoms with van der Waals surface area (Å²) in [5.41, 5.74) is 0.514. The number of carboxylic acid groups (broad SMARTS) is 1. The van der Waals surface area contributed by atoms with Crippen molar-refractivity contribution in [2.24, 2.45) is 0 Å². The highest BCUT2D eigenvalue weighted by atomic mass is 19.4. The average molecular weight is 969 g/mol. The van der Waals surface area contributed by atoms with Crippen LogP contribution < -0.4 is 9.47 Å².